The summed E-state index contributed by atoms with van der Waals surface area (Å²) in [6.45, 7) is 11.5. The second kappa shape index (κ2) is 41.0. The normalized spacial score (nSPS) is 15.2. The van der Waals surface area contributed by atoms with Gasteiger partial charge in [0.25, 0.3) is 10.0 Å². The molecule has 31 nitrogen and oxygen atoms in total. The number of hydrogen-bond donors (Lipinski definition) is 13. The Hall–Kier alpha value is -10.6. The summed E-state index contributed by atoms with van der Waals surface area (Å²) >= 11 is 0. The van der Waals surface area contributed by atoms with Crippen LogP contribution in [0.5, 0.6) is 11.5 Å². The number of benzene rings is 4. The van der Waals surface area contributed by atoms with E-state index in [-0.39, 0.29) is 88.4 Å². The van der Waals surface area contributed by atoms with Crippen LogP contribution >= 0.6 is 0 Å². The number of carbonyl (C=O) groups excluding carboxylic acids is 9. The number of nitrogens with two attached hydrogens (primary N) is 2. The molecule has 0 aliphatic carbocycles. The van der Waals surface area contributed by atoms with E-state index < -0.39 is 142 Å². The molecule has 1 fully saturated rings. The average molecular weight is 1480 g/mol. The van der Waals surface area contributed by atoms with Gasteiger partial charge in [0.1, 0.15) is 73.0 Å². The molecule has 4 aromatic carbocycles. The van der Waals surface area contributed by atoms with Crippen LogP contribution in [-0.4, -0.2) is 174 Å². The first-order valence-corrected chi connectivity index (χ1v) is 36.5. The number of ether oxygens (including phenoxy) is 3. The van der Waals surface area contributed by atoms with E-state index in [1.807, 2.05) is 0 Å². The lowest BCUT2D eigenvalue weighted by Gasteiger charge is -2.32. The summed E-state index contributed by atoms with van der Waals surface area (Å²) < 4.78 is 46.1. The molecule has 9 atom stereocenters. The van der Waals surface area contributed by atoms with E-state index in [9.17, 15) is 61.8 Å². The van der Waals surface area contributed by atoms with Crippen molar-refractivity contribution in [2.24, 2.45) is 28.3 Å². The van der Waals surface area contributed by atoms with Crippen LogP contribution in [0.25, 0.3) is 0 Å². The number of rotatable bonds is 40. The Balaban J connectivity index is 1.24. The number of sulfonamides is 1. The number of carboxylic acids is 1. The quantitative estimate of drug-likeness (QED) is 0.0115. The van der Waals surface area contributed by atoms with Gasteiger partial charge in [-0.15, -0.1) is 0 Å². The molecule has 0 unspecified atom stereocenters. The highest BCUT2D eigenvalue weighted by Gasteiger charge is 2.42. The molecule has 570 valence electrons. The maximum absolute atomic E-state index is 15.0. The number of hydrogen-bond acceptors (Lipinski definition) is 19. The van der Waals surface area contributed by atoms with Gasteiger partial charge in [-0.2, -0.15) is 0 Å². The number of nitrogens with one attached hydrogen (secondary N) is 9. The molecular formula is C73H100N14O17S. The van der Waals surface area contributed by atoms with Crippen LogP contribution in [0.15, 0.2) is 113 Å². The Morgan fingerprint density at radius 1 is 0.686 bits per heavy atom. The molecule has 1 saturated heterocycles. The number of aliphatic imine (C=N–C) groups is 1. The predicted octanol–water partition coefficient (Wildman–Crippen LogP) is 3.54. The predicted molar refractivity (Wildman–Crippen MR) is 388 cm³/mol. The lowest BCUT2D eigenvalue weighted by Crippen LogP contribution is -2.62. The number of aliphatic carboxylic acids is 1. The third-order valence-corrected chi connectivity index (χ3v) is 19.6. The Labute approximate surface area is 611 Å². The van der Waals surface area contributed by atoms with Gasteiger partial charge in [0, 0.05) is 44.2 Å². The number of esters is 1. The van der Waals surface area contributed by atoms with Crippen LogP contribution in [0.2, 0.25) is 0 Å². The molecule has 2 heterocycles. The van der Waals surface area contributed by atoms with Crippen LogP contribution in [0.1, 0.15) is 131 Å². The van der Waals surface area contributed by atoms with Gasteiger partial charge in [-0.25, -0.2) is 27.7 Å². The van der Waals surface area contributed by atoms with Gasteiger partial charge in [-0.1, -0.05) is 107 Å². The number of H-pyrrole nitrogens is 1. The molecule has 5 aromatic rings. The molecular weight excluding hydrogens is 1380 g/mol. The largest absolute Gasteiger partial charge is 0.508 e. The fourth-order valence-corrected chi connectivity index (χ4v) is 13.3. The standard InChI is InChI=1S/C73H100N14O17S/c1-9-44(4)62(69(96)82-57(38-51-39-76-42-78-51)70(97)87-35-19-26-58(87)67(94)80-55(31-32-60(89)90)71(98)103-40-49-20-12-10-13-21-49)85-66(93)56(37-48-27-29-52(88)30-28-48)81-68(95)61(43(2)3)84-65(92)53(79-64(91)54(24-16-17-33-74)83-73(99)104-41-50-22-14-11-15-23-50)25-18-34-77-72(75)86-105(100,101)63-45(5)36-59(102-8)46(6)47(63)7/h10-15,20-23,27-30,36,39,42-44,53-58,61-62,88H,9,16-19,24-26,31-35,37-38,40-41,74H2,1-8H3,(H,76,78)(H,79,91)(H,80,94)(H,81,95)(H,82,96)(H,83,99)(H,84,92)(H,85,93)(H,89,90)(H3,75,77,86)/t44-,53-,54-,55-,56-,57-,58-,61-,62-/m0/s1. The first-order chi connectivity index (χ1) is 50.0. The summed E-state index contributed by atoms with van der Waals surface area (Å²) in [5.74, 6) is -9.35. The first-order valence-electron chi connectivity index (χ1n) is 35.0. The molecule has 1 aromatic heterocycles. The maximum atomic E-state index is 15.0. The molecule has 0 spiro atoms. The molecule has 15 N–H and O–H groups in total. The summed E-state index contributed by atoms with van der Waals surface area (Å²) in [7, 11) is -2.82. The van der Waals surface area contributed by atoms with E-state index in [4.69, 9.17) is 25.7 Å². The molecule has 1 aliphatic rings. The Morgan fingerprint density at radius 2 is 1.28 bits per heavy atom. The van der Waals surface area contributed by atoms with Crippen molar-refractivity contribution in [3.8, 4) is 11.5 Å². The third-order valence-electron chi connectivity index (χ3n) is 18.0. The summed E-state index contributed by atoms with van der Waals surface area (Å²) in [5.41, 5.74) is 15.5. The van der Waals surface area contributed by atoms with Crippen molar-refractivity contribution in [2.45, 2.75) is 192 Å². The number of imidazole rings is 1. The number of aromatic hydroxyl groups is 1. The lowest BCUT2D eigenvalue weighted by molar-refractivity contribution is -0.150. The van der Waals surface area contributed by atoms with Crippen molar-refractivity contribution in [1.82, 2.24) is 56.8 Å². The number of methoxy groups -OCH3 is 1. The summed E-state index contributed by atoms with van der Waals surface area (Å²) in [6.07, 6.45) is 2.10. The van der Waals surface area contributed by atoms with Gasteiger partial charge in [-0.3, -0.25) is 43.3 Å². The number of likely N-dealkylation sites (tertiary alicyclic amines) is 1. The van der Waals surface area contributed by atoms with Crippen LogP contribution in [0.4, 0.5) is 4.79 Å². The van der Waals surface area contributed by atoms with Gasteiger partial charge < -0.3 is 83.0 Å². The van der Waals surface area contributed by atoms with Gasteiger partial charge in [0.15, 0.2) is 0 Å². The van der Waals surface area contributed by atoms with Crippen molar-refractivity contribution in [2.75, 3.05) is 26.7 Å². The Bertz CT molecular complexity index is 3900. The Morgan fingerprint density at radius 3 is 1.89 bits per heavy atom. The number of aromatic nitrogens is 2. The van der Waals surface area contributed by atoms with Crippen LogP contribution in [-0.2, 0) is 88.7 Å². The van der Waals surface area contributed by atoms with Crippen molar-refractivity contribution < 1.29 is 80.8 Å². The van der Waals surface area contributed by atoms with E-state index in [1.54, 1.807) is 115 Å². The SMILES string of the molecule is CC[C@H](C)[C@H](NC(=O)[C@H](Cc1ccc(O)cc1)NC(=O)[C@@H](NC(=O)[C@H](CCCN=C(N)NS(=O)(=O)c1c(C)cc(OC)c(C)c1C)NC(=O)[C@H](CCCCN)NC(=O)OCc1ccccc1)C(C)C)C(=O)N[C@@H](Cc1cnc[nH]1)C(=O)N1CCC[C@H]1C(=O)N[C@@H](CCC(=O)O)C(=O)OCc1ccccc1. The number of carbonyl (C=O) groups is 10. The number of amides is 8. The lowest BCUT2D eigenvalue weighted by atomic mass is 9.96. The third kappa shape index (κ3) is 25.6. The number of alkyl carbamates (subject to hydrolysis) is 1. The Kier molecular flexibility index (Phi) is 32.5. The zero-order valence-corrected chi connectivity index (χ0v) is 61.3. The number of aromatic amines is 1. The van der Waals surface area contributed by atoms with Crippen molar-refractivity contribution >= 4 is 75.4 Å². The number of phenols is 1. The fraction of sp³-hybridized carbons (Fsp3) is 0.479. The second-order valence-corrected chi connectivity index (χ2v) is 27.9. The number of carboxylic acid groups (broad SMARTS) is 1. The average Bonchev–Trinajstić information content (AvgIpc) is 1.12. The monoisotopic (exact) mass is 1480 g/mol. The number of guanidine groups is 1. The fourth-order valence-electron chi connectivity index (χ4n) is 11.9. The zero-order valence-electron chi connectivity index (χ0n) is 60.5. The van der Waals surface area contributed by atoms with E-state index in [0.717, 1.165) is 0 Å². The van der Waals surface area contributed by atoms with Crippen LogP contribution in [0.3, 0.4) is 0 Å². The number of phenolic OH excluding ortho intramolecular Hbond substituents is 1. The second-order valence-electron chi connectivity index (χ2n) is 26.2. The van der Waals surface area contributed by atoms with E-state index >= 15 is 4.79 Å². The summed E-state index contributed by atoms with van der Waals surface area (Å²) in [5, 5.41) is 38.8. The molecule has 1 aliphatic heterocycles. The number of aryl methyl sites for hydroxylation is 1. The topological polar surface area (TPSA) is 466 Å². The van der Waals surface area contributed by atoms with Gasteiger partial charge >= 0.3 is 18.0 Å². The molecule has 6 rings (SSSR count). The highest BCUT2D eigenvalue weighted by Crippen LogP contribution is 2.31. The molecule has 8 amide bonds. The van der Waals surface area contributed by atoms with Crippen LogP contribution < -0.4 is 58.1 Å². The van der Waals surface area contributed by atoms with Gasteiger partial charge in [-0.05, 0) is 142 Å². The van der Waals surface area contributed by atoms with E-state index in [1.165, 1.54) is 48.8 Å². The molecule has 32 heteroatoms. The highest BCUT2D eigenvalue weighted by atomic mass is 32.2. The molecule has 0 radical (unpaired) electrons. The van der Waals surface area contributed by atoms with E-state index in [0.29, 0.717) is 70.5 Å². The van der Waals surface area contributed by atoms with Crippen molar-refractivity contribution in [3.05, 3.63) is 143 Å². The molecule has 105 heavy (non-hydrogen) atoms. The minimum absolute atomic E-state index is 0.0231. The molecule has 0 saturated carbocycles. The van der Waals surface area contributed by atoms with E-state index in [2.05, 4.69) is 56.9 Å². The summed E-state index contributed by atoms with van der Waals surface area (Å²) in [6, 6.07) is 13.8. The number of unbranched alkanes of at least 4 members (excludes halogenated alkanes) is 1. The van der Waals surface area contributed by atoms with Gasteiger partial charge in [0.05, 0.1) is 18.3 Å². The zero-order chi connectivity index (χ0) is 76.9. The highest BCUT2D eigenvalue weighted by molar-refractivity contribution is 7.90. The van der Waals surface area contributed by atoms with Crippen molar-refractivity contribution in [3.63, 3.8) is 0 Å². The first kappa shape index (κ1) is 83.3. The van der Waals surface area contributed by atoms with Crippen molar-refractivity contribution in [1.29, 1.82) is 0 Å². The maximum Gasteiger partial charge on any atom is 0.408 e. The molecule has 0 bridgehead atoms. The van der Waals surface area contributed by atoms with Gasteiger partial charge in [0.2, 0.25) is 47.3 Å². The minimum Gasteiger partial charge on any atom is -0.508 e. The smallest absolute Gasteiger partial charge is 0.408 e. The minimum atomic E-state index is -4.29. The van der Waals surface area contributed by atoms with Crippen LogP contribution in [0, 0.1) is 32.6 Å². The summed E-state index contributed by atoms with van der Waals surface area (Å²) in [4.78, 5) is 154. The number of nitrogens with zero attached hydrogens (tertiary/aromatic N) is 3.